The largest absolute Gasteiger partial charge is 0.466 e. The first-order chi connectivity index (χ1) is 8.29. The lowest BCUT2D eigenvalue weighted by molar-refractivity contribution is -0.141. The molecule has 0 saturated carbocycles. The van der Waals surface area contributed by atoms with Crippen LogP contribution in [0.1, 0.15) is 47.0 Å². The summed E-state index contributed by atoms with van der Waals surface area (Å²) < 4.78 is 4.86. The van der Waals surface area contributed by atoms with E-state index in [1.165, 1.54) is 6.92 Å². The van der Waals surface area contributed by atoms with Gasteiger partial charge in [-0.25, -0.2) is 0 Å². The van der Waals surface area contributed by atoms with Crippen LogP contribution in [0.25, 0.3) is 10.4 Å². The van der Waals surface area contributed by atoms with Gasteiger partial charge in [0.1, 0.15) is 0 Å². The fourth-order valence-electron chi connectivity index (χ4n) is 1.53. The summed E-state index contributed by atoms with van der Waals surface area (Å²) in [6.07, 6.45) is 1.47. The number of carbonyl (C=O) groups excluding carboxylic acids is 1. The highest BCUT2D eigenvalue weighted by Gasteiger charge is 2.26. The Labute approximate surface area is 108 Å². The number of carbonyl (C=O) groups is 1. The molecule has 104 valence electrons. The quantitative estimate of drug-likeness (QED) is 0.313. The first-order valence-corrected chi connectivity index (χ1v) is 6.17. The van der Waals surface area contributed by atoms with Crippen LogP contribution < -0.4 is 0 Å². The van der Waals surface area contributed by atoms with Crippen LogP contribution in [0.5, 0.6) is 0 Å². The van der Waals surface area contributed by atoms with Crippen LogP contribution in [0.3, 0.4) is 0 Å². The second kappa shape index (κ2) is 7.95. The van der Waals surface area contributed by atoms with E-state index in [1.54, 1.807) is 13.8 Å². The van der Waals surface area contributed by atoms with Crippen molar-refractivity contribution in [3.05, 3.63) is 10.4 Å². The Morgan fingerprint density at radius 1 is 1.44 bits per heavy atom. The summed E-state index contributed by atoms with van der Waals surface area (Å²) in [6.45, 7) is 7.25. The summed E-state index contributed by atoms with van der Waals surface area (Å²) in [5.74, 6) is 0.0765. The van der Waals surface area contributed by atoms with E-state index < -0.39 is 11.6 Å². The molecule has 0 spiro atoms. The van der Waals surface area contributed by atoms with Crippen LogP contribution in [0.2, 0.25) is 0 Å². The van der Waals surface area contributed by atoms with Crippen molar-refractivity contribution in [2.24, 2.45) is 11.0 Å². The SMILES string of the molecule is CC(=O)OCCC(C)CCC(O)C(C)(C)N=[N+]=[N-]. The van der Waals surface area contributed by atoms with Crippen LogP contribution in [-0.2, 0) is 9.53 Å². The maximum Gasteiger partial charge on any atom is 0.302 e. The Balaban J connectivity index is 3.94. The second-order valence-corrected chi connectivity index (χ2v) is 5.17. The van der Waals surface area contributed by atoms with E-state index >= 15 is 0 Å². The molecule has 0 aromatic carbocycles. The number of ether oxygens (including phenoxy) is 1. The highest BCUT2D eigenvalue weighted by Crippen LogP contribution is 2.22. The molecular weight excluding hydrogens is 234 g/mol. The van der Waals surface area contributed by atoms with Gasteiger partial charge in [-0.15, -0.1) is 0 Å². The van der Waals surface area contributed by atoms with Crippen molar-refractivity contribution < 1.29 is 14.6 Å². The molecule has 0 radical (unpaired) electrons. The highest BCUT2D eigenvalue weighted by molar-refractivity contribution is 5.65. The molecule has 0 bridgehead atoms. The minimum absolute atomic E-state index is 0.272. The molecule has 6 nitrogen and oxygen atoms in total. The van der Waals surface area contributed by atoms with Crippen LogP contribution >= 0.6 is 0 Å². The Morgan fingerprint density at radius 2 is 2.06 bits per heavy atom. The monoisotopic (exact) mass is 257 g/mol. The molecule has 0 aromatic heterocycles. The van der Waals surface area contributed by atoms with Gasteiger partial charge in [0.05, 0.1) is 18.2 Å². The van der Waals surface area contributed by atoms with Crippen LogP contribution in [0.4, 0.5) is 0 Å². The van der Waals surface area contributed by atoms with Crippen molar-refractivity contribution >= 4 is 5.97 Å². The van der Waals surface area contributed by atoms with Crippen molar-refractivity contribution in [1.29, 1.82) is 0 Å². The van der Waals surface area contributed by atoms with E-state index in [1.807, 2.05) is 6.92 Å². The molecule has 0 aromatic rings. The number of hydrogen-bond acceptors (Lipinski definition) is 4. The first-order valence-electron chi connectivity index (χ1n) is 6.17. The molecule has 0 saturated heterocycles. The van der Waals surface area contributed by atoms with Crippen LogP contribution in [-0.4, -0.2) is 29.3 Å². The molecular formula is C12H23N3O3. The average Bonchev–Trinajstić information content (AvgIpc) is 2.25. The number of azide groups is 1. The molecule has 2 atom stereocenters. The summed E-state index contributed by atoms with van der Waals surface area (Å²) in [5, 5.41) is 13.5. The third-order valence-corrected chi connectivity index (χ3v) is 2.97. The number of hydrogen-bond donors (Lipinski definition) is 1. The van der Waals surface area contributed by atoms with E-state index in [9.17, 15) is 9.90 Å². The fourth-order valence-corrected chi connectivity index (χ4v) is 1.53. The summed E-state index contributed by atoms with van der Waals surface area (Å²) in [7, 11) is 0. The average molecular weight is 257 g/mol. The maximum absolute atomic E-state index is 10.6. The van der Waals surface area contributed by atoms with Gasteiger partial charge in [0.25, 0.3) is 0 Å². The summed E-state index contributed by atoms with van der Waals surface area (Å²) in [5.41, 5.74) is 7.61. The van der Waals surface area contributed by atoms with E-state index in [2.05, 4.69) is 10.0 Å². The van der Waals surface area contributed by atoms with Crippen molar-refractivity contribution in [2.45, 2.75) is 58.6 Å². The molecule has 0 rings (SSSR count). The Morgan fingerprint density at radius 3 is 2.56 bits per heavy atom. The number of rotatable bonds is 8. The molecule has 18 heavy (non-hydrogen) atoms. The normalized spacial score (nSPS) is 14.5. The topological polar surface area (TPSA) is 95.3 Å². The van der Waals surface area contributed by atoms with Gasteiger partial charge in [0.15, 0.2) is 0 Å². The van der Waals surface area contributed by atoms with Gasteiger partial charge in [0, 0.05) is 11.8 Å². The lowest BCUT2D eigenvalue weighted by Gasteiger charge is -2.26. The molecule has 0 aliphatic carbocycles. The number of aliphatic hydroxyl groups is 1. The van der Waals surface area contributed by atoms with Gasteiger partial charge in [-0.3, -0.25) is 4.79 Å². The molecule has 0 aliphatic rings. The number of esters is 1. The Kier molecular flexibility index (Phi) is 7.39. The predicted molar refractivity (Wildman–Crippen MR) is 68.9 cm³/mol. The van der Waals surface area contributed by atoms with Gasteiger partial charge < -0.3 is 9.84 Å². The zero-order chi connectivity index (χ0) is 14.2. The van der Waals surface area contributed by atoms with Crippen molar-refractivity contribution in [2.75, 3.05) is 6.61 Å². The lowest BCUT2D eigenvalue weighted by atomic mass is 9.91. The molecule has 2 unspecified atom stereocenters. The molecule has 0 aliphatic heterocycles. The van der Waals surface area contributed by atoms with Crippen LogP contribution in [0, 0.1) is 5.92 Å². The van der Waals surface area contributed by atoms with Gasteiger partial charge in [-0.2, -0.15) is 0 Å². The standard InChI is InChI=1S/C12H23N3O3/c1-9(7-8-18-10(2)16)5-6-11(17)12(3,4)14-15-13/h9,11,17H,5-8H2,1-4H3. The summed E-state index contributed by atoms with van der Waals surface area (Å²) in [6, 6.07) is 0. The molecule has 0 fully saturated rings. The molecule has 0 heterocycles. The fraction of sp³-hybridized carbons (Fsp3) is 0.917. The van der Waals surface area contributed by atoms with E-state index in [0.717, 1.165) is 12.8 Å². The van der Waals surface area contributed by atoms with E-state index in [0.29, 0.717) is 18.9 Å². The molecule has 0 amide bonds. The van der Waals surface area contributed by atoms with Crippen molar-refractivity contribution in [3.63, 3.8) is 0 Å². The van der Waals surface area contributed by atoms with Gasteiger partial charge >= 0.3 is 5.97 Å². The second-order valence-electron chi connectivity index (χ2n) is 5.17. The smallest absolute Gasteiger partial charge is 0.302 e. The number of nitrogens with zero attached hydrogens (tertiary/aromatic N) is 3. The van der Waals surface area contributed by atoms with Gasteiger partial charge in [-0.1, -0.05) is 25.9 Å². The minimum Gasteiger partial charge on any atom is -0.466 e. The zero-order valence-corrected chi connectivity index (χ0v) is 11.6. The summed E-state index contributed by atoms with van der Waals surface area (Å²) in [4.78, 5) is 13.3. The molecule has 1 N–H and O–H groups in total. The number of aliphatic hydroxyl groups excluding tert-OH is 1. The van der Waals surface area contributed by atoms with Gasteiger partial charge in [0.2, 0.25) is 0 Å². The van der Waals surface area contributed by atoms with E-state index in [4.69, 9.17) is 10.3 Å². The summed E-state index contributed by atoms with van der Waals surface area (Å²) >= 11 is 0. The zero-order valence-electron chi connectivity index (χ0n) is 11.6. The van der Waals surface area contributed by atoms with Crippen molar-refractivity contribution in [3.8, 4) is 0 Å². The Hall–Kier alpha value is -1.26. The third-order valence-electron chi connectivity index (χ3n) is 2.97. The highest BCUT2D eigenvalue weighted by atomic mass is 16.5. The third kappa shape index (κ3) is 7.14. The van der Waals surface area contributed by atoms with Crippen LogP contribution in [0.15, 0.2) is 5.11 Å². The maximum atomic E-state index is 10.6. The lowest BCUT2D eigenvalue weighted by Crippen LogP contribution is -2.34. The van der Waals surface area contributed by atoms with Gasteiger partial charge in [-0.05, 0) is 30.7 Å². The van der Waals surface area contributed by atoms with Crippen molar-refractivity contribution in [1.82, 2.24) is 0 Å². The molecule has 6 heteroatoms. The predicted octanol–water partition coefficient (Wildman–Crippen LogP) is 2.81. The first kappa shape index (κ1) is 16.7. The minimum atomic E-state index is -0.787. The van der Waals surface area contributed by atoms with E-state index in [-0.39, 0.29) is 5.97 Å². The Bertz CT molecular complexity index is 312.